The number of nitrogens with zero attached hydrogens (tertiary/aromatic N) is 5. The van der Waals surface area contributed by atoms with Gasteiger partial charge in [-0.1, -0.05) is 0 Å². The van der Waals surface area contributed by atoms with Crippen molar-refractivity contribution in [3.05, 3.63) is 18.5 Å². The molecule has 0 saturated carbocycles. The number of piperazine rings is 1. The van der Waals surface area contributed by atoms with Crippen LogP contribution in [0, 0.1) is 0 Å². The van der Waals surface area contributed by atoms with E-state index in [9.17, 15) is 5.11 Å². The highest BCUT2D eigenvalue weighted by atomic mass is 16.5. The molecule has 7 nitrogen and oxygen atoms in total. The number of rotatable bonds is 5. The molecule has 0 radical (unpaired) electrons. The van der Waals surface area contributed by atoms with E-state index < -0.39 is 0 Å². The molecule has 0 amide bonds. The molecule has 0 unspecified atom stereocenters. The Morgan fingerprint density at radius 2 is 1.62 bits per heavy atom. The van der Waals surface area contributed by atoms with Crippen molar-refractivity contribution in [1.82, 2.24) is 19.8 Å². The fourth-order valence-electron chi connectivity index (χ4n) is 3.67. The van der Waals surface area contributed by atoms with Crippen LogP contribution in [-0.2, 0) is 4.74 Å². The van der Waals surface area contributed by atoms with Crippen molar-refractivity contribution in [2.45, 2.75) is 32.2 Å². The second-order valence-electron chi connectivity index (χ2n) is 6.97. The number of hydrogen-bond acceptors (Lipinski definition) is 7. The van der Waals surface area contributed by atoms with Gasteiger partial charge >= 0.3 is 0 Å². The van der Waals surface area contributed by atoms with Gasteiger partial charge in [0.15, 0.2) is 0 Å². The zero-order valence-electron chi connectivity index (χ0n) is 14.7. The quantitative estimate of drug-likeness (QED) is 0.817. The van der Waals surface area contributed by atoms with E-state index in [2.05, 4.69) is 38.5 Å². The first-order chi connectivity index (χ1) is 11.6. The monoisotopic (exact) mass is 335 g/mol. The van der Waals surface area contributed by atoms with E-state index >= 15 is 0 Å². The summed E-state index contributed by atoms with van der Waals surface area (Å²) in [5.74, 6) is 0.800. The van der Waals surface area contributed by atoms with Gasteiger partial charge in [-0.2, -0.15) is 0 Å². The predicted octanol–water partition coefficient (Wildman–Crippen LogP) is 0.0687. The van der Waals surface area contributed by atoms with E-state index in [0.29, 0.717) is 0 Å². The molecule has 2 fully saturated rings. The highest BCUT2D eigenvalue weighted by Gasteiger charge is 2.25. The first-order valence-electron chi connectivity index (χ1n) is 8.90. The molecule has 3 atom stereocenters. The standard InChI is InChI=1S/C17H29N5O2/c1-14-10-21(11-15(2)24-14)13-16(23)12-20-6-8-22(9-7-20)17-18-4-3-5-19-17/h3-5,14-16,23H,6-13H2,1-2H3/t14-,15+,16-/m0/s1. The number of ether oxygens (including phenoxy) is 1. The average Bonchev–Trinajstić information content (AvgIpc) is 2.55. The number of aliphatic hydroxyl groups excluding tert-OH is 1. The number of β-amino-alcohol motifs (C(OH)–C–C–N with tert-alkyl or cyclic N) is 1. The predicted molar refractivity (Wildman–Crippen MR) is 93.1 cm³/mol. The SMILES string of the molecule is C[C@@H]1CN(C[C@@H](O)CN2CCN(c3ncccn3)CC2)C[C@H](C)O1. The highest BCUT2D eigenvalue weighted by molar-refractivity contribution is 5.29. The summed E-state index contributed by atoms with van der Waals surface area (Å²) < 4.78 is 5.75. The topological polar surface area (TPSA) is 65.0 Å². The molecule has 0 spiro atoms. The average molecular weight is 335 g/mol. The van der Waals surface area contributed by atoms with E-state index in [4.69, 9.17) is 4.74 Å². The minimum absolute atomic E-state index is 0.246. The van der Waals surface area contributed by atoms with Crippen molar-refractivity contribution in [3.8, 4) is 0 Å². The summed E-state index contributed by atoms with van der Waals surface area (Å²) in [6, 6.07) is 1.84. The van der Waals surface area contributed by atoms with Gasteiger partial charge in [0.05, 0.1) is 18.3 Å². The molecule has 3 rings (SSSR count). The van der Waals surface area contributed by atoms with Gasteiger partial charge in [-0.3, -0.25) is 9.80 Å². The Bertz CT molecular complexity index is 485. The molecule has 2 aliphatic rings. The van der Waals surface area contributed by atoms with Crippen LogP contribution in [0.1, 0.15) is 13.8 Å². The van der Waals surface area contributed by atoms with E-state index in [0.717, 1.165) is 58.3 Å². The molecule has 24 heavy (non-hydrogen) atoms. The van der Waals surface area contributed by atoms with Crippen LogP contribution in [0.3, 0.4) is 0 Å². The third-order valence-electron chi connectivity index (χ3n) is 4.64. The summed E-state index contributed by atoms with van der Waals surface area (Å²) >= 11 is 0. The van der Waals surface area contributed by atoms with E-state index in [-0.39, 0.29) is 18.3 Å². The van der Waals surface area contributed by atoms with Gasteiger partial charge in [0, 0.05) is 64.8 Å². The van der Waals surface area contributed by atoms with Gasteiger partial charge in [0.25, 0.3) is 0 Å². The molecule has 7 heteroatoms. The zero-order valence-corrected chi connectivity index (χ0v) is 14.7. The zero-order chi connectivity index (χ0) is 16.9. The third-order valence-corrected chi connectivity index (χ3v) is 4.64. The number of anilines is 1. The van der Waals surface area contributed by atoms with Gasteiger partial charge in [-0.05, 0) is 19.9 Å². The van der Waals surface area contributed by atoms with Gasteiger partial charge in [-0.25, -0.2) is 9.97 Å². The van der Waals surface area contributed by atoms with E-state index in [1.807, 2.05) is 6.07 Å². The molecule has 0 aromatic carbocycles. The normalized spacial score (nSPS) is 28.0. The number of morpholine rings is 1. The Morgan fingerprint density at radius 1 is 1.04 bits per heavy atom. The van der Waals surface area contributed by atoms with Crippen LogP contribution < -0.4 is 4.90 Å². The van der Waals surface area contributed by atoms with Crippen molar-refractivity contribution in [2.24, 2.45) is 0 Å². The summed E-state index contributed by atoms with van der Waals surface area (Å²) in [5, 5.41) is 10.4. The summed E-state index contributed by atoms with van der Waals surface area (Å²) in [7, 11) is 0. The first kappa shape index (κ1) is 17.5. The molecule has 3 heterocycles. The Kier molecular flexibility index (Phi) is 5.99. The lowest BCUT2D eigenvalue weighted by Gasteiger charge is -2.38. The second kappa shape index (κ2) is 8.20. The lowest BCUT2D eigenvalue weighted by molar-refractivity contribution is -0.0780. The van der Waals surface area contributed by atoms with E-state index in [1.54, 1.807) is 12.4 Å². The van der Waals surface area contributed by atoms with Crippen molar-refractivity contribution in [1.29, 1.82) is 0 Å². The maximum atomic E-state index is 10.4. The van der Waals surface area contributed by atoms with Gasteiger partial charge in [-0.15, -0.1) is 0 Å². The molecule has 1 aromatic rings. The third kappa shape index (κ3) is 4.86. The molecule has 1 aromatic heterocycles. The maximum absolute atomic E-state index is 10.4. The summed E-state index contributed by atoms with van der Waals surface area (Å²) in [4.78, 5) is 15.5. The van der Waals surface area contributed by atoms with Gasteiger partial charge in [0.1, 0.15) is 0 Å². The summed E-state index contributed by atoms with van der Waals surface area (Å²) in [6.07, 6.45) is 3.73. The Morgan fingerprint density at radius 3 is 2.25 bits per heavy atom. The Labute approximate surface area is 144 Å². The minimum Gasteiger partial charge on any atom is -0.390 e. The molecule has 0 bridgehead atoms. The summed E-state index contributed by atoms with van der Waals surface area (Å²) in [5.41, 5.74) is 0. The largest absolute Gasteiger partial charge is 0.390 e. The smallest absolute Gasteiger partial charge is 0.225 e. The van der Waals surface area contributed by atoms with Crippen molar-refractivity contribution in [3.63, 3.8) is 0 Å². The highest BCUT2D eigenvalue weighted by Crippen LogP contribution is 2.13. The van der Waals surface area contributed by atoms with Crippen molar-refractivity contribution in [2.75, 3.05) is 57.3 Å². The first-order valence-corrected chi connectivity index (χ1v) is 8.90. The van der Waals surface area contributed by atoms with Crippen LogP contribution in [0.2, 0.25) is 0 Å². The van der Waals surface area contributed by atoms with Gasteiger partial charge in [0.2, 0.25) is 5.95 Å². The molecular weight excluding hydrogens is 306 g/mol. The van der Waals surface area contributed by atoms with Crippen molar-refractivity contribution >= 4 is 5.95 Å². The van der Waals surface area contributed by atoms with Crippen LogP contribution in [0.15, 0.2) is 18.5 Å². The number of aliphatic hydroxyl groups is 1. The van der Waals surface area contributed by atoms with E-state index in [1.165, 1.54) is 0 Å². The van der Waals surface area contributed by atoms with Crippen LogP contribution in [-0.4, -0.2) is 95.5 Å². The molecule has 0 aliphatic carbocycles. The van der Waals surface area contributed by atoms with Crippen LogP contribution in [0.4, 0.5) is 5.95 Å². The van der Waals surface area contributed by atoms with Crippen LogP contribution >= 0.6 is 0 Å². The lowest BCUT2D eigenvalue weighted by Crippen LogP contribution is -2.52. The number of hydrogen-bond donors (Lipinski definition) is 1. The number of aromatic nitrogens is 2. The molecular formula is C17H29N5O2. The second-order valence-corrected chi connectivity index (χ2v) is 6.97. The van der Waals surface area contributed by atoms with Gasteiger partial charge < -0.3 is 14.7 Å². The fraction of sp³-hybridized carbons (Fsp3) is 0.765. The van der Waals surface area contributed by atoms with Crippen LogP contribution in [0.25, 0.3) is 0 Å². The summed E-state index contributed by atoms with van der Waals surface area (Å²) in [6.45, 7) is 11.1. The van der Waals surface area contributed by atoms with Crippen LogP contribution in [0.5, 0.6) is 0 Å². The minimum atomic E-state index is -0.318. The van der Waals surface area contributed by atoms with Crippen molar-refractivity contribution < 1.29 is 9.84 Å². The molecule has 2 saturated heterocycles. The lowest BCUT2D eigenvalue weighted by atomic mass is 10.2. The molecule has 134 valence electrons. The fourth-order valence-corrected chi connectivity index (χ4v) is 3.67. The molecule has 2 aliphatic heterocycles. The Hall–Kier alpha value is -1.28. The maximum Gasteiger partial charge on any atom is 0.225 e. The molecule has 1 N–H and O–H groups in total. The Balaban J connectivity index is 1.41.